The Kier molecular flexibility index (Phi) is 23.9. The van der Waals surface area contributed by atoms with Gasteiger partial charge in [0.2, 0.25) is 0 Å². The third-order valence-electron chi connectivity index (χ3n) is 13.4. The number of nitrogens with zero attached hydrogens (tertiary/aromatic N) is 2. The van der Waals surface area contributed by atoms with Gasteiger partial charge in [-0.15, -0.1) is 0 Å². The summed E-state index contributed by atoms with van der Waals surface area (Å²) in [5.74, 6) is 0. The van der Waals surface area contributed by atoms with Crippen LogP contribution in [0.2, 0.25) is 0 Å². The Morgan fingerprint density at radius 3 is 0.882 bits per heavy atom. The molecule has 12 heteroatoms. The molecule has 0 N–H and O–H groups in total. The summed E-state index contributed by atoms with van der Waals surface area (Å²) in [6.45, 7) is 20.2. The molecule has 0 aliphatic rings. The molecule has 0 aliphatic carbocycles. The average Bonchev–Trinajstić information content (AvgIpc) is 3.34. The van der Waals surface area contributed by atoms with E-state index in [-0.39, 0.29) is 10.9 Å². The molecule has 10 nitrogen and oxygen atoms in total. The lowest BCUT2D eigenvalue weighted by molar-refractivity contribution is 0.0852. The predicted octanol–water partition coefficient (Wildman–Crippen LogP) is 13.0. The van der Waals surface area contributed by atoms with E-state index in [1.807, 2.05) is 90.1 Å². The Labute approximate surface area is 411 Å². The smallest absolute Gasteiger partial charge is 0.370 e. The molecule has 0 amide bonds. The first-order chi connectivity index (χ1) is 33.2. The zero-order valence-electron chi connectivity index (χ0n) is 43.6. The van der Waals surface area contributed by atoms with Gasteiger partial charge in [0.15, 0.2) is 10.9 Å². The van der Waals surface area contributed by atoms with E-state index in [2.05, 4.69) is 23.0 Å². The number of aryl methyl sites for hydroxylation is 2. The van der Waals surface area contributed by atoms with Gasteiger partial charge in [-0.3, -0.25) is 9.59 Å². The summed E-state index contributed by atoms with van der Waals surface area (Å²) < 4.78 is 42.7. The maximum absolute atomic E-state index is 15.2. The molecule has 0 atom stereocenters. The predicted molar refractivity (Wildman–Crippen MR) is 289 cm³/mol. The molecule has 5 rings (SSSR count). The van der Waals surface area contributed by atoms with Crippen molar-refractivity contribution in [3.05, 3.63) is 69.0 Å². The minimum absolute atomic E-state index is 0.0697. The van der Waals surface area contributed by atoms with Gasteiger partial charge in [-0.05, 0) is 90.8 Å². The molecule has 2 heterocycles. The van der Waals surface area contributed by atoms with Gasteiger partial charge in [0.1, 0.15) is 0 Å². The Morgan fingerprint density at radius 1 is 0.338 bits per heavy atom. The van der Waals surface area contributed by atoms with Crippen LogP contribution in [0.15, 0.2) is 58.1 Å². The molecule has 3 aromatic carbocycles. The monoisotopic (exact) mass is 973 g/mol. The number of pyridine rings is 2. The van der Waals surface area contributed by atoms with Crippen molar-refractivity contribution in [2.45, 2.75) is 197 Å². The second-order valence-electron chi connectivity index (χ2n) is 18.4. The number of fused-ring (bicyclic) bond motifs is 4. The largest absolute Gasteiger partial charge is 0.537 e. The lowest BCUT2D eigenvalue weighted by Gasteiger charge is -2.29. The molecule has 2 aromatic heterocycles. The van der Waals surface area contributed by atoms with Gasteiger partial charge in [-0.1, -0.05) is 142 Å². The van der Waals surface area contributed by atoms with Crippen LogP contribution in [0.1, 0.15) is 184 Å². The van der Waals surface area contributed by atoms with Crippen molar-refractivity contribution in [3.8, 4) is 0 Å². The summed E-state index contributed by atoms with van der Waals surface area (Å²) in [4.78, 5) is 30.4. The number of rotatable bonds is 36. The fourth-order valence-corrected chi connectivity index (χ4v) is 15.1. The summed E-state index contributed by atoms with van der Waals surface area (Å²) >= 11 is 0. The van der Waals surface area contributed by atoms with Crippen LogP contribution < -0.4 is 21.2 Å². The number of hydrogen-bond acceptors (Lipinski definition) is 8. The maximum atomic E-state index is 15.2. The van der Waals surface area contributed by atoms with Crippen molar-refractivity contribution in [2.24, 2.45) is 0 Å². The van der Waals surface area contributed by atoms with Crippen molar-refractivity contribution in [1.29, 1.82) is 0 Å². The van der Waals surface area contributed by atoms with Crippen LogP contribution >= 0.6 is 0 Å². The van der Waals surface area contributed by atoms with Crippen LogP contribution in [0.3, 0.4) is 0 Å². The van der Waals surface area contributed by atoms with Crippen LogP contribution in [0.4, 0.5) is 0 Å². The van der Waals surface area contributed by atoms with E-state index < -0.39 is 17.6 Å². The SMILES string of the molecule is CCCCCCCCCCCCn1c2ccc([Si](OCC)(OCC)OCC)cc2c(=O)c2cc3c(cc21)c(=O)c1cc([Si](OCC)(OCC)OCC)ccc1n3CCCCCCCCCCCC. The second-order valence-corrected chi connectivity index (χ2v) is 23.5. The van der Waals surface area contributed by atoms with Gasteiger partial charge < -0.3 is 35.7 Å². The summed E-state index contributed by atoms with van der Waals surface area (Å²) in [6, 6.07) is 16.1. The van der Waals surface area contributed by atoms with E-state index in [4.69, 9.17) is 26.6 Å². The fraction of sp³-hybridized carbons (Fsp3) is 0.643. The van der Waals surface area contributed by atoms with Gasteiger partial charge in [0, 0.05) is 84.6 Å². The second kappa shape index (κ2) is 29.2. The molecule has 0 saturated heterocycles. The molecule has 68 heavy (non-hydrogen) atoms. The highest BCUT2D eigenvalue weighted by molar-refractivity contribution is 6.76. The zero-order valence-corrected chi connectivity index (χ0v) is 45.6. The first kappa shape index (κ1) is 55.7. The van der Waals surface area contributed by atoms with Crippen molar-refractivity contribution < 1.29 is 26.6 Å². The lowest BCUT2D eigenvalue weighted by Crippen LogP contribution is -2.57. The highest BCUT2D eigenvalue weighted by atomic mass is 28.4. The van der Waals surface area contributed by atoms with Gasteiger partial charge >= 0.3 is 17.6 Å². The van der Waals surface area contributed by atoms with Crippen LogP contribution in [-0.2, 0) is 39.6 Å². The van der Waals surface area contributed by atoms with E-state index in [1.165, 1.54) is 103 Å². The normalized spacial score (nSPS) is 12.5. The Hall–Kier alpha value is -3.21. The van der Waals surface area contributed by atoms with Crippen molar-refractivity contribution in [2.75, 3.05) is 39.6 Å². The number of aromatic nitrogens is 2. The Morgan fingerprint density at radius 2 is 0.603 bits per heavy atom. The number of unbranched alkanes of at least 4 members (excludes halogenated alkanes) is 18. The van der Waals surface area contributed by atoms with Crippen LogP contribution in [-0.4, -0.2) is 66.4 Å². The standard InChI is InChI=1S/C56H88N2O8Si2/c1-9-17-19-21-23-25-27-29-31-33-39-57-51-37-35-45(67(61-11-3,62-12-4)63-13-5)41-47(51)55(59)49-44-54-50(43-53(49)57)56(60)48-42-46(68(64-14-6,65-15-7)66-16-8)36-38-52(48)58(54)40-34-32-30-28-26-24-22-20-18-10-2/h35-38,41-44H,9-34,39-40H2,1-8H3. The van der Waals surface area contributed by atoms with Gasteiger partial charge in [0.25, 0.3) is 0 Å². The Balaban J connectivity index is 1.69. The first-order valence-electron chi connectivity index (χ1n) is 27.2. The molecule has 0 radical (unpaired) electrons. The van der Waals surface area contributed by atoms with E-state index in [9.17, 15) is 0 Å². The average molecular weight is 973 g/mol. The van der Waals surface area contributed by atoms with E-state index in [1.54, 1.807) is 0 Å². The van der Waals surface area contributed by atoms with E-state index >= 15 is 9.59 Å². The quantitative estimate of drug-likeness (QED) is 0.0222. The first-order valence-corrected chi connectivity index (χ1v) is 30.6. The molecule has 0 saturated carbocycles. The van der Waals surface area contributed by atoms with Gasteiger partial charge in [-0.2, -0.15) is 0 Å². The van der Waals surface area contributed by atoms with Crippen molar-refractivity contribution in [1.82, 2.24) is 9.13 Å². The van der Waals surface area contributed by atoms with Crippen LogP contribution in [0.25, 0.3) is 43.6 Å². The summed E-state index contributed by atoms with van der Waals surface area (Å²) in [7, 11) is -6.66. The molecule has 0 fully saturated rings. The molecular formula is C56H88N2O8Si2. The van der Waals surface area contributed by atoms with Gasteiger partial charge in [-0.25, -0.2) is 0 Å². The number of hydrogen-bond donors (Lipinski definition) is 0. The number of benzene rings is 3. The molecule has 0 aliphatic heterocycles. The van der Waals surface area contributed by atoms with Gasteiger partial charge in [0.05, 0.1) is 22.1 Å². The fourth-order valence-electron chi connectivity index (χ4n) is 10.1. The van der Waals surface area contributed by atoms with E-state index in [0.29, 0.717) is 61.2 Å². The molecule has 378 valence electrons. The van der Waals surface area contributed by atoms with Crippen molar-refractivity contribution in [3.63, 3.8) is 0 Å². The highest BCUT2D eigenvalue weighted by Gasteiger charge is 2.44. The summed E-state index contributed by atoms with van der Waals surface area (Å²) in [6.07, 6.45) is 24.6. The third-order valence-corrected chi connectivity index (χ3v) is 19.5. The van der Waals surface area contributed by atoms with Crippen LogP contribution in [0, 0.1) is 0 Å². The molecule has 5 aromatic rings. The molecule has 0 spiro atoms. The Bertz CT molecular complexity index is 2210. The van der Waals surface area contributed by atoms with Crippen molar-refractivity contribution >= 4 is 71.6 Å². The third kappa shape index (κ3) is 14.0. The highest BCUT2D eigenvalue weighted by Crippen LogP contribution is 2.29. The van der Waals surface area contributed by atoms with Crippen LogP contribution in [0.5, 0.6) is 0 Å². The molecular weight excluding hydrogens is 885 g/mol. The maximum Gasteiger partial charge on any atom is 0.537 e. The topological polar surface area (TPSA) is 99.4 Å². The summed E-state index contributed by atoms with van der Waals surface area (Å²) in [5, 5.41) is 3.99. The summed E-state index contributed by atoms with van der Waals surface area (Å²) in [5.41, 5.74) is 3.09. The lowest BCUT2D eigenvalue weighted by atomic mass is 10.0. The zero-order chi connectivity index (χ0) is 48.8. The van der Waals surface area contributed by atoms with E-state index in [0.717, 1.165) is 71.2 Å². The minimum Gasteiger partial charge on any atom is -0.370 e. The molecule has 0 unspecified atom stereocenters. The molecule has 0 bridgehead atoms. The minimum atomic E-state index is -3.33.